The van der Waals surface area contributed by atoms with E-state index in [4.69, 9.17) is 5.11 Å². The van der Waals surface area contributed by atoms with Crippen LogP contribution >= 0.6 is 0 Å². The van der Waals surface area contributed by atoms with E-state index in [1.165, 1.54) is 17.7 Å². The molecule has 28 heavy (non-hydrogen) atoms. The SMILES string of the molecule is CC(C)(C)c1ccc(NC(=O)CNc2cc([N+](=O)[O-])ccc2NCCO)cc1. The first-order valence-corrected chi connectivity index (χ1v) is 8.98. The van der Waals surface area contributed by atoms with Gasteiger partial charge in [0, 0.05) is 24.4 Å². The van der Waals surface area contributed by atoms with E-state index in [0.29, 0.717) is 23.6 Å². The number of amides is 1. The molecule has 0 unspecified atom stereocenters. The summed E-state index contributed by atoms with van der Waals surface area (Å²) in [7, 11) is 0. The zero-order chi connectivity index (χ0) is 20.7. The molecule has 150 valence electrons. The van der Waals surface area contributed by atoms with Crippen molar-refractivity contribution in [1.82, 2.24) is 0 Å². The Morgan fingerprint density at radius 3 is 2.32 bits per heavy atom. The fourth-order valence-electron chi connectivity index (χ4n) is 2.57. The molecule has 4 N–H and O–H groups in total. The molecule has 2 aromatic carbocycles. The highest BCUT2D eigenvalue weighted by molar-refractivity contribution is 5.94. The maximum Gasteiger partial charge on any atom is 0.271 e. The summed E-state index contributed by atoms with van der Waals surface area (Å²) in [6.45, 7) is 6.50. The van der Waals surface area contributed by atoms with E-state index in [-0.39, 0.29) is 30.2 Å². The lowest BCUT2D eigenvalue weighted by Crippen LogP contribution is -2.22. The number of nitrogens with one attached hydrogen (secondary N) is 3. The van der Waals surface area contributed by atoms with Gasteiger partial charge in [-0.15, -0.1) is 0 Å². The Morgan fingerprint density at radius 2 is 1.75 bits per heavy atom. The van der Waals surface area contributed by atoms with Gasteiger partial charge in [0.25, 0.3) is 5.69 Å². The second-order valence-electron chi connectivity index (χ2n) is 7.37. The standard InChI is InChI=1S/C20H26N4O4/c1-20(2,3)14-4-6-15(7-5-14)23-19(26)13-22-18-12-16(24(27)28)8-9-17(18)21-10-11-25/h4-9,12,21-22,25H,10-11,13H2,1-3H3,(H,23,26). The van der Waals surface area contributed by atoms with E-state index in [1.807, 2.05) is 24.3 Å². The van der Waals surface area contributed by atoms with Gasteiger partial charge in [-0.2, -0.15) is 0 Å². The molecule has 0 aliphatic heterocycles. The summed E-state index contributed by atoms with van der Waals surface area (Å²) >= 11 is 0. The zero-order valence-electron chi connectivity index (χ0n) is 16.3. The quantitative estimate of drug-likeness (QED) is 0.408. The third-order valence-electron chi connectivity index (χ3n) is 4.12. The number of nitro groups is 1. The van der Waals surface area contributed by atoms with Crippen LogP contribution in [0.25, 0.3) is 0 Å². The maximum absolute atomic E-state index is 12.2. The number of benzene rings is 2. The van der Waals surface area contributed by atoms with Crippen molar-refractivity contribution in [2.45, 2.75) is 26.2 Å². The van der Waals surface area contributed by atoms with Crippen molar-refractivity contribution in [1.29, 1.82) is 0 Å². The average Bonchev–Trinajstić information content (AvgIpc) is 2.64. The van der Waals surface area contributed by atoms with Gasteiger partial charge in [0.05, 0.1) is 29.4 Å². The number of carbonyl (C=O) groups is 1. The summed E-state index contributed by atoms with van der Waals surface area (Å²) < 4.78 is 0. The summed E-state index contributed by atoms with van der Waals surface area (Å²) in [5, 5.41) is 28.6. The highest BCUT2D eigenvalue weighted by Gasteiger charge is 2.14. The third kappa shape index (κ3) is 5.95. The summed E-state index contributed by atoms with van der Waals surface area (Å²) in [5.41, 5.74) is 2.78. The molecular formula is C20H26N4O4. The number of aliphatic hydroxyl groups excluding tert-OH is 1. The van der Waals surface area contributed by atoms with Crippen molar-refractivity contribution < 1.29 is 14.8 Å². The molecule has 1 amide bonds. The molecule has 0 saturated heterocycles. The van der Waals surface area contributed by atoms with Crippen molar-refractivity contribution in [2.75, 3.05) is 35.6 Å². The van der Waals surface area contributed by atoms with Gasteiger partial charge >= 0.3 is 0 Å². The average molecular weight is 386 g/mol. The van der Waals surface area contributed by atoms with Crippen molar-refractivity contribution in [3.8, 4) is 0 Å². The highest BCUT2D eigenvalue weighted by Crippen LogP contribution is 2.27. The first kappa shape index (κ1) is 21.2. The van der Waals surface area contributed by atoms with Crippen LogP contribution in [0.1, 0.15) is 26.3 Å². The normalized spacial score (nSPS) is 11.0. The monoisotopic (exact) mass is 386 g/mol. The Labute approximate surface area is 164 Å². The number of carbonyl (C=O) groups excluding carboxylic acids is 1. The first-order chi connectivity index (χ1) is 13.2. The number of hydrogen-bond donors (Lipinski definition) is 4. The predicted octanol–water partition coefficient (Wildman–Crippen LogP) is 3.35. The smallest absolute Gasteiger partial charge is 0.271 e. The van der Waals surface area contributed by atoms with E-state index in [2.05, 4.69) is 36.7 Å². The molecule has 0 bridgehead atoms. The van der Waals surface area contributed by atoms with Gasteiger partial charge in [-0.3, -0.25) is 14.9 Å². The van der Waals surface area contributed by atoms with Crippen LogP contribution in [0.5, 0.6) is 0 Å². The lowest BCUT2D eigenvalue weighted by Gasteiger charge is -2.19. The fraction of sp³-hybridized carbons (Fsp3) is 0.350. The first-order valence-electron chi connectivity index (χ1n) is 8.98. The van der Waals surface area contributed by atoms with Gasteiger partial charge in [0.2, 0.25) is 5.91 Å². The maximum atomic E-state index is 12.2. The Bertz CT molecular complexity index is 829. The van der Waals surface area contributed by atoms with Gasteiger partial charge < -0.3 is 21.1 Å². The number of rotatable bonds is 8. The van der Waals surface area contributed by atoms with E-state index in [9.17, 15) is 14.9 Å². The number of aliphatic hydroxyl groups is 1. The van der Waals surface area contributed by atoms with Gasteiger partial charge in [-0.25, -0.2) is 0 Å². The zero-order valence-corrected chi connectivity index (χ0v) is 16.3. The molecule has 2 aromatic rings. The fourth-order valence-corrected chi connectivity index (χ4v) is 2.57. The molecule has 8 nitrogen and oxygen atoms in total. The Kier molecular flexibility index (Phi) is 6.94. The lowest BCUT2D eigenvalue weighted by atomic mass is 9.87. The number of hydrogen-bond acceptors (Lipinski definition) is 6. The summed E-state index contributed by atoms with van der Waals surface area (Å²) in [6.07, 6.45) is 0. The molecule has 2 rings (SSSR count). The number of nitrogens with zero attached hydrogens (tertiary/aromatic N) is 1. The van der Waals surface area contributed by atoms with Crippen molar-refractivity contribution in [2.24, 2.45) is 0 Å². The Hall–Kier alpha value is -3.13. The minimum atomic E-state index is -0.502. The molecule has 0 atom stereocenters. The second kappa shape index (κ2) is 9.18. The predicted molar refractivity (Wildman–Crippen MR) is 111 cm³/mol. The molecule has 8 heteroatoms. The van der Waals surface area contributed by atoms with Crippen LogP contribution in [0.15, 0.2) is 42.5 Å². The van der Waals surface area contributed by atoms with E-state index in [1.54, 1.807) is 6.07 Å². The van der Waals surface area contributed by atoms with Crippen LogP contribution < -0.4 is 16.0 Å². The van der Waals surface area contributed by atoms with Crippen LogP contribution in [0.2, 0.25) is 0 Å². The van der Waals surface area contributed by atoms with Crippen molar-refractivity contribution in [3.05, 3.63) is 58.1 Å². The van der Waals surface area contributed by atoms with Gasteiger partial charge in [0.15, 0.2) is 0 Å². The van der Waals surface area contributed by atoms with Crippen LogP contribution in [0.3, 0.4) is 0 Å². The molecule has 0 fully saturated rings. The van der Waals surface area contributed by atoms with Crippen molar-refractivity contribution >= 4 is 28.7 Å². The third-order valence-corrected chi connectivity index (χ3v) is 4.12. The number of anilines is 3. The highest BCUT2D eigenvalue weighted by atomic mass is 16.6. The molecule has 0 aliphatic carbocycles. The molecule has 0 aliphatic rings. The number of nitro benzene ring substituents is 1. The Morgan fingerprint density at radius 1 is 1.07 bits per heavy atom. The minimum absolute atomic E-state index is 0.0318. The molecule has 0 aromatic heterocycles. The molecule has 0 heterocycles. The van der Waals surface area contributed by atoms with E-state index in [0.717, 1.165) is 0 Å². The number of non-ortho nitro benzene ring substituents is 1. The molecule has 0 spiro atoms. The van der Waals surface area contributed by atoms with Crippen molar-refractivity contribution in [3.63, 3.8) is 0 Å². The van der Waals surface area contributed by atoms with E-state index < -0.39 is 4.92 Å². The van der Waals surface area contributed by atoms with Crippen LogP contribution in [-0.4, -0.2) is 35.6 Å². The molecular weight excluding hydrogens is 360 g/mol. The molecule has 0 radical (unpaired) electrons. The Balaban J connectivity index is 2.03. The van der Waals surface area contributed by atoms with Crippen LogP contribution in [0.4, 0.5) is 22.7 Å². The summed E-state index contributed by atoms with van der Waals surface area (Å²) in [5.74, 6) is -0.275. The lowest BCUT2D eigenvalue weighted by molar-refractivity contribution is -0.384. The second-order valence-corrected chi connectivity index (χ2v) is 7.37. The van der Waals surface area contributed by atoms with Gasteiger partial charge in [0.1, 0.15) is 0 Å². The topological polar surface area (TPSA) is 117 Å². The van der Waals surface area contributed by atoms with Gasteiger partial charge in [-0.1, -0.05) is 32.9 Å². The molecule has 0 saturated carbocycles. The van der Waals surface area contributed by atoms with E-state index >= 15 is 0 Å². The minimum Gasteiger partial charge on any atom is -0.395 e. The van der Waals surface area contributed by atoms with Crippen LogP contribution in [0, 0.1) is 10.1 Å². The largest absolute Gasteiger partial charge is 0.395 e. The summed E-state index contributed by atoms with van der Waals surface area (Å²) in [6, 6.07) is 11.9. The van der Waals surface area contributed by atoms with Crippen LogP contribution in [-0.2, 0) is 10.2 Å². The summed E-state index contributed by atoms with van der Waals surface area (Å²) in [4.78, 5) is 22.7. The van der Waals surface area contributed by atoms with Gasteiger partial charge in [-0.05, 0) is 29.2 Å².